The molecule has 2 heterocycles. The number of nitrogens with one attached hydrogen (secondary N) is 2. The number of amides is 2. The number of aryl methyl sites for hydroxylation is 2. The third-order valence-electron chi connectivity index (χ3n) is 4.86. The Bertz CT molecular complexity index is 1180. The summed E-state index contributed by atoms with van der Waals surface area (Å²) in [7, 11) is 1.67. The average Bonchev–Trinajstić information content (AvgIpc) is 3.09. The highest BCUT2D eigenvalue weighted by atomic mass is 32.1. The minimum atomic E-state index is -0.487. The lowest BCUT2D eigenvalue weighted by molar-refractivity contribution is -0.119. The SMILES string of the molecule is CCOC(=O)c1c(NC(=O)CN(C)CC(=O)Nc2cccc(C)n2)sc(C)c1-c1ccccc1. The van der Waals surface area contributed by atoms with Gasteiger partial charge in [-0.2, -0.15) is 0 Å². The number of carbonyl (C=O) groups excluding carboxylic acids is 3. The maximum Gasteiger partial charge on any atom is 0.341 e. The van der Waals surface area contributed by atoms with Gasteiger partial charge in [-0.3, -0.25) is 14.5 Å². The number of likely N-dealkylation sites (N-methyl/N-ethyl adjacent to an activating group) is 1. The number of carbonyl (C=O) groups is 3. The third-order valence-corrected chi connectivity index (χ3v) is 5.88. The summed E-state index contributed by atoms with van der Waals surface area (Å²) in [6.07, 6.45) is 0. The quantitative estimate of drug-likeness (QED) is 0.447. The van der Waals surface area contributed by atoms with Gasteiger partial charge in [0.25, 0.3) is 0 Å². The number of aromatic nitrogens is 1. The van der Waals surface area contributed by atoms with Crippen LogP contribution >= 0.6 is 11.3 Å². The monoisotopic (exact) mass is 480 g/mol. The zero-order chi connectivity index (χ0) is 24.7. The highest BCUT2D eigenvalue weighted by Gasteiger charge is 2.25. The van der Waals surface area contributed by atoms with Crippen molar-refractivity contribution >= 4 is 39.9 Å². The highest BCUT2D eigenvalue weighted by Crippen LogP contribution is 2.40. The van der Waals surface area contributed by atoms with Gasteiger partial charge >= 0.3 is 5.97 Å². The number of hydrogen-bond donors (Lipinski definition) is 2. The average molecular weight is 481 g/mol. The van der Waals surface area contributed by atoms with Gasteiger partial charge in [-0.05, 0) is 45.5 Å². The van der Waals surface area contributed by atoms with Crippen LogP contribution in [-0.4, -0.2) is 54.4 Å². The van der Waals surface area contributed by atoms with Crippen molar-refractivity contribution < 1.29 is 19.1 Å². The molecule has 0 saturated carbocycles. The second-order valence-electron chi connectivity index (χ2n) is 7.76. The zero-order valence-electron chi connectivity index (χ0n) is 19.7. The molecule has 1 aromatic carbocycles. The van der Waals surface area contributed by atoms with Crippen molar-refractivity contribution in [3.8, 4) is 11.1 Å². The lowest BCUT2D eigenvalue weighted by atomic mass is 10.0. The van der Waals surface area contributed by atoms with Crippen LogP contribution in [0.1, 0.15) is 27.9 Å². The van der Waals surface area contributed by atoms with Crippen molar-refractivity contribution in [3.05, 3.63) is 64.7 Å². The summed E-state index contributed by atoms with van der Waals surface area (Å²) in [6, 6.07) is 14.9. The number of hydrogen-bond acceptors (Lipinski definition) is 7. The van der Waals surface area contributed by atoms with E-state index in [2.05, 4.69) is 15.6 Å². The minimum Gasteiger partial charge on any atom is -0.462 e. The number of nitrogens with zero attached hydrogens (tertiary/aromatic N) is 2. The normalized spacial score (nSPS) is 10.7. The second-order valence-corrected chi connectivity index (χ2v) is 8.98. The van der Waals surface area contributed by atoms with Gasteiger partial charge in [0, 0.05) is 16.1 Å². The molecule has 2 amide bonds. The Morgan fingerprint density at radius 3 is 2.29 bits per heavy atom. The number of ether oxygens (including phenoxy) is 1. The minimum absolute atomic E-state index is 0.00646. The van der Waals surface area contributed by atoms with E-state index in [9.17, 15) is 14.4 Å². The first-order valence-corrected chi connectivity index (χ1v) is 11.7. The molecule has 0 spiro atoms. The summed E-state index contributed by atoms with van der Waals surface area (Å²) in [5.41, 5.74) is 2.76. The van der Waals surface area contributed by atoms with Gasteiger partial charge in [0.05, 0.1) is 19.7 Å². The molecular formula is C25H28N4O4S. The van der Waals surface area contributed by atoms with E-state index in [4.69, 9.17) is 4.74 Å². The van der Waals surface area contributed by atoms with Crippen molar-refractivity contribution in [2.45, 2.75) is 20.8 Å². The molecule has 3 rings (SSSR count). The maximum absolute atomic E-state index is 12.8. The van der Waals surface area contributed by atoms with Gasteiger partial charge in [0.1, 0.15) is 16.4 Å². The van der Waals surface area contributed by atoms with E-state index in [0.717, 1.165) is 21.7 Å². The van der Waals surface area contributed by atoms with Gasteiger partial charge in [-0.15, -0.1) is 11.3 Å². The molecule has 0 aliphatic rings. The van der Waals surface area contributed by atoms with Gasteiger partial charge in [-0.1, -0.05) is 36.4 Å². The van der Waals surface area contributed by atoms with E-state index in [1.54, 1.807) is 24.9 Å². The van der Waals surface area contributed by atoms with Gasteiger partial charge in [0.2, 0.25) is 11.8 Å². The van der Waals surface area contributed by atoms with Gasteiger partial charge in [-0.25, -0.2) is 9.78 Å². The summed E-state index contributed by atoms with van der Waals surface area (Å²) in [5.74, 6) is -0.641. The molecule has 0 bridgehead atoms. The number of pyridine rings is 1. The molecule has 0 atom stereocenters. The number of rotatable bonds is 9. The molecule has 34 heavy (non-hydrogen) atoms. The number of thiophene rings is 1. The van der Waals surface area contributed by atoms with Crippen LogP contribution in [-0.2, 0) is 14.3 Å². The van der Waals surface area contributed by atoms with Gasteiger partial charge < -0.3 is 15.4 Å². The Morgan fingerprint density at radius 2 is 1.65 bits per heavy atom. The smallest absolute Gasteiger partial charge is 0.341 e. The molecule has 3 aromatic rings. The van der Waals surface area contributed by atoms with Crippen LogP contribution in [0.4, 0.5) is 10.8 Å². The van der Waals surface area contributed by atoms with Crippen LogP contribution < -0.4 is 10.6 Å². The molecule has 2 aromatic heterocycles. The number of anilines is 2. The Kier molecular flexibility index (Phi) is 8.50. The van der Waals surface area contributed by atoms with E-state index >= 15 is 0 Å². The molecule has 9 heteroatoms. The molecule has 0 aliphatic heterocycles. The van der Waals surface area contributed by atoms with E-state index in [1.165, 1.54) is 11.3 Å². The molecule has 2 N–H and O–H groups in total. The maximum atomic E-state index is 12.8. The number of esters is 1. The zero-order valence-corrected chi connectivity index (χ0v) is 20.5. The van der Waals surface area contributed by atoms with E-state index < -0.39 is 5.97 Å². The Hall–Kier alpha value is -3.56. The van der Waals surface area contributed by atoms with Crippen molar-refractivity contribution in [2.24, 2.45) is 0 Å². The molecule has 0 aliphatic carbocycles. The lowest BCUT2D eigenvalue weighted by Crippen LogP contribution is -2.36. The molecule has 0 unspecified atom stereocenters. The summed E-state index contributed by atoms with van der Waals surface area (Å²) in [6.45, 7) is 5.68. The lowest BCUT2D eigenvalue weighted by Gasteiger charge is -2.16. The van der Waals surface area contributed by atoms with Crippen molar-refractivity contribution in [2.75, 3.05) is 37.4 Å². The summed E-state index contributed by atoms with van der Waals surface area (Å²) < 4.78 is 5.27. The van der Waals surface area contributed by atoms with Crippen LogP contribution in [0.15, 0.2) is 48.5 Å². The van der Waals surface area contributed by atoms with Crippen LogP contribution in [0.2, 0.25) is 0 Å². The predicted octanol–water partition coefficient (Wildman–Crippen LogP) is 4.11. The van der Waals surface area contributed by atoms with Crippen LogP contribution in [0.5, 0.6) is 0 Å². The first kappa shape index (κ1) is 25.1. The predicted molar refractivity (Wildman–Crippen MR) is 134 cm³/mol. The molecule has 0 fully saturated rings. The Balaban J connectivity index is 1.70. The molecule has 178 valence electrons. The standard InChI is InChI=1S/C25H28N4O4S/c1-5-33-25(32)23-22(18-11-7-6-8-12-18)17(3)34-24(23)28-21(31)15-29(4)14-20(30)27-19-13-9-10-16(2)26-19/h6-13H,5,14-15H2,1-4H3,(H,28,31)(H,26,27,30). The third kappa shape index (κ3) is 6.49. The van der Waals surface area contributed by atoms with Crippen LogP contribution in [0, 0.1) is 13.8 Å². The Morgan fingerprint density at radius 1 is 0.971 bits per heavy atom. The van der Waals surface area contributed by atoms with E-state index in [0.29, 0.717) is 16.4 Å². The summed E-state index contributed by atoms with van der Waals surface area (Å²) in [4.78, 5) is 44.6. The summed E-state index contributed by atoms with van der Waals surface area (Å²) in [5, 5.41) is 5.99. The van der Waals surface area contributed by atoms with Crippen molar-refractivity contribution in [1.29, 1.82) is 0 Å². The van der Waals surface area contributed by atoms with Crippen LogP contribution in [0.3, 0.4) is 0 Å². The topological polar surface area (TPSA) is 101 Å². The van der Waals surface area contributed by atoms with Crippen LogP contribution in [0.25, 0.3) is 11.1 Å². The molecular weight excluding hydrogens is 452 g/mol. The highest BCUT2D eigenvalue weighted by molar-refractivity contribution is 7.17. The van der Waals surface area contributed by atoms with Crippen molar-refractivity contribution in [1.82, 2.24) is 9.88 Å². The fraction of sp³-hybridized carbons (Fsp3) is 0.280. The fourth-order valence-electron chi connectivity index (χ4n) is 3.49. The fourth-order valence-corrected chi connectivity index (χ4v) is 4.57. The molecule has 0 saturated heterocycles. The number of benzene rings is 1. The Labute approximate surface area is 203 Å². The molecule has 8 nitrogen and oxygen atoms in total. The van der Waals surface area contributed by atoms with E-state index in [-0.39, 0.29) is 31.5 Å². The van der Waals surface area contributed by atoms with Gasteiger partial charge in [0.15, 0.2) is 0 Å². The largest absolute Gasteiger partial charge is 0.462 e. The van der Waals surface area contributed by atoms with Crippen molar-refractivity contribution in [3.63, 3.8) is 0 Å². The first-order chi connectivity index (χ1) is 16.3. The molecule has 0 radical (unpaired) electrons. The second kappa shape index (κ2) is 11.5. The van der Waals surface area contributed by atoms with E-state index in [1.807, 2.05) is 56.3 Å². The summed E-state index contributed by atoms with van der Waals surface area (Å²) >= 11 is 1.32. The first-order valence-electron chi connectivity index (χ1n) is 10.9.